The van der Waals surface area contributed by atoms with E-state index in [1.165, 1.54) is 6.07 Å². The molecule has 1 amide bonds. The second-order valence-electron chi connectivity index (χ2n) is 5.06. The van der Waals surface area contributed by atoms with Crippen LogP contribution in [0.3, 0.4) is 0 Å². The Balaban J connectivity index is 1.59. The highest BCUT2D eigenvalue weighted by Gasteiger charge is 2.10. The first kappa shape index (κ1) is 16.6. The van der Waals surface area contributed by atoms with Gasteiger partial charge in [-0.1, -0.05) is 41.4 Å². The van der Waals surface area contributed by atoms with Gasteiger partial charge in [-0.3, -0.25) is 9.78 Å². The zero-order valence-electron chi connectivity index (χ0n) is 12.6. The number of fused-ring (bicyclic) bond motifs is 1. The first-order chi connectivity index (χ1) is 11.6. The number of carbonyl (C=O) groups is 1. The van der Waals surface area contributed by atoms with Crippen molar-refractivity contribution in [2.24, 2.45) is 0 Å². The number of rotatable bonds is 5. The van der Waals surface area contributed by atoms with Crippen LogP contribution in [0.4, 0.5) is 0 Å². The average Bonchev–Trinajstić information content (AvgIpc) is 2.60. The minimum atomic E-state index is -0.290. The normalized spacial score (nSPS) is 10.6. The van der Waals surface area contributed by atoms with E-state index in [-0.39, 0.29) is 5.91 Å². The van der Waals surface area contributed by atoms with Crippen molar-refractivity contribution in [2.45, 2.75) is 0 Å². The van der Waals surface area contributed by atoms with Gasteiger partial charge >= 0.3 is 0 Å². The fourth-order valence-electron chi connectivity index (χ4n) is 2.28. The van der Waals surface area contributed by atoms with Crippen molar-refractivity contribution < 1.29 is 9.53 Å². The molecule has 4 nitrogen and oxygen atoms in total. The minimum Gasteiger partial charge on any atom is -0.489 e. The van der Waals surface area contributed by atoms with Gasteiger partial charge in [0.15, 0.2) is 0 Å². The number of nitrogens with one attached hydrogen (secondary N) is 1. The lowest BCUT2D eigenvalue weighted by molar-refractivity contribution is 0.0947. The number of ether oxygens (including phenoxy) is 1. The lowest BCUT2D eigenvalue weighted by Gasteiger charge is -2.10. The van der Waals surface area contributed by atoms with E-state index in [9.17, 15) is 4.79 Å². The van der Waals surface area contributed by atoms with Crippen LogP contribution in [0.15, 0.2) is 54.7 Å². The highest BCUT2D eigenvalue weighted by Crippen LogP contribution is 2.23. The second kappa shape index (κ2) is 7.51. The maximum Gasteiger partial charge on any atom is 0.252 e. The number of halogens is 2. The fraction of sp³-hybridized carbons (Fsp3) is 0.111. The molecule has 3 aromatic rings. The predicted octanol–water partition coefficient (Wildman–Crippen LogP) is 4.35. The van der Waals surface area contributed by atoms with Crippen molar-refractivity contribution in [1.29, 1.82) is 0 Å². The van der Waals surface area contributed by atoms with Crippen molar-refractivity contribution in [3.8, 4) is 5.75 Å². The maximum atomic E-state index is 12.1. The molecule has 0 spiro atoms. The van der Waals surface area contributed by atoms with Crippen LogP contribution in [-0.4, -0.2) is 24.0 Å². The molecular formula is C18H14Cl2N2O2. The first-order valence-electron chi connectivity index (χ1n) is 7.35. The summed E-state index contributed by atoms with van der Waals surface area (Å²) in [6.45, 7) is 0.657. The van der Waals surface area contributed by atoms with Crippen LogP contribution in [-0.2, 0) is 0 Å². The summed E-state index contributed by atoms with van der Waals surface area (Å²) in [6.07, 6.45) is 1.72. The molecule has 3 rings (SSSR count). The first-order valence-corrected chi connectivity index (χ1v) is 8.10. The summed E-state index contributed by atoms with van der Waals surface area (Å²) in [5.41, 5.74) is 1.14. The second-order valence-corrected chi connectivity index (χ2v) is 5.90. The lowest BCUT2D eigenvalue weighted by Crippen LogP contribution is -2.28. The smallest absolute Gasteiger partial charge is 0.252 e. The third-order valence-electron chi connectivity index (χ3n) is 3.41. The Morgan fingerprint density at radius 3 is 2.83 bits per heavy atom. The molecule has 24 heavy (non-hydrogen) atoms. The third-order valence-corrected chi connectivity index (χ3v) is 3.98. The molecule has 122 valence electrons. The Hall–Kier alpha value is -2.30. The van der Waals surface area contributed by atoms with Gasteiger partial charge < -0.3 is 10.1 Å². The number of aromatic nitrogens is 1. The molecule has 2 aromatic carbocycles. The van der Waals surface area contributed by atoms with E-state index in [1.54, 1.807) is 18.3 Å². The van der Waals surface area contributed by atoms with Crippen LogP contribution in [0.5, 0.6) is 5.75 Å². The van der Waals surface area contributed by atoms with E-state index in [4.69, 9.17) is 27.9 Å². The van der Waals surface area contributed by atoms with Gasteiger partial charge in [0.1, 0.15) is 17.9 Å². The quantitative estimate of drug-likeness (QED) is 0.688. The molecule has 0 aliphatic rings. The minimum absolute atomic E-state index is 0.290. The van der Waals surface area contributed by atoms with E-state index in [1.807, 2.05) is 30.3 Å². The van der Waals surface area contributed by atoms with Crippen molar-refractivity contribution in [1.82, 2.24) is 10.3 Å². The largest absolute Gasteiger partial charge is 0.489 e. The predicted molar refractivity (Wildman–Crippen MR) is 96.0 cm³/mol. The summed E-state index contributed by atoms with van der Waals surface area (Å²) in [4.78, 5) is 16.4. The van der Waals surface area contributed by atoms with Gasteiger partial charge in [0, 0.05) is 16.6 Å². The number of hydrogen-bond donors (Lipinski definition) is 1. The maximum absolute atomic E-state index is 12.1. The Bertz CT molecular complexity index is 879. The van der Waals surface area contributed by atoms with Gasteiger partial charge in [0.05, 0.1) is 17.1 Å². The number of amides is 1. The number of para-hydroxylation sites is 1. The number of hydrogen-bond acceptors (Lipinski definition) is 3. The molecular weight excluding hydrogens is 347 g/mol. The summed E-state index contributed by atoms with van der Waals surface area (Å²) in [7, 11) is 0. The summed E-state index contributed by atoms with van der Waals surface area (Å²) in [5, 5.41) is 4.58. The van der Waals surface area contributed by atoms with Crippen LogP contribution >= 0.6 is 23.2 Å². The zero-order valence-corrected chi connectivity index (χ0v) is 14.1. The van der Waals surface area contributed by atoms with Crippen molar-refractivity contribution in [3.63, 3.8) is 0 Å². The molecule has 0 radical (unpaired) electrons. The van der Waals surface area contributed by atoms with Crippen LogP contribution in [0.1, 0.15) is 10.4 Å². The molecule has 0 fully saturated rings. The van der Waals surface area contributed by atoms with Crippen molar-refractivity contribution in [3.05, 3.63) is 70.3 Å². The Morgan fingerprint density at radius 1 is 1.12 bits per heavy atom. The highest BCUT2D eigenvalue weighted by atomic mass is 35.5. The monoisotopic (exact) mass is 360 g/mol. The number of nitrogens with zero attached hydrogens (tertiary/aromatic N) is 1. The molecule has 0 atom stereocenters. The van der Waals surface area contributed by atoms with E-state index < -0.39 is 0 Å². The Labute approximate surface area is 149 Å². The van der Waals surface area contributed by atoms with E-state index in [0.717, 1.165) is 10.9 Å². The van der Waals surface area contributed by atoms with Gasteiger partial charge in [-0.25, -0.2) is 0 Å². The molecule has 0 aliphatic carbocycles. The van der Waals surface area contributed by atoms with Crippen LogP contribution in [0.2, 0.25) is 10.0 Å². The Morgan fingerprint density at radius 2 is 1.96 bits per heavy atom. The van der Waals surface area contributed by atoms with Gasteiger partial charge in [-0.15, -0.1) is 0 Å². The van der Waals surface area contributed by atoms with Crippen LogP contribution in [0.25, 0.3) is 10.9 Å². The number of pyridine rings is 1. The molecule has 1 N–H and O–H groups in total. The standard InChI is InChI=1S/C18H14Cl2N2O2/c19-13-6-7-15(20)14(11-13)18(23)22-9-10-24-16-5-1-3-12-4-2-8-21-17(12)16/h1-8,11H,9-10H2,(H,22,23). The number of benzene rings is 2. The molecule has 6 heteroatoms. The molecule has 0 aliphatic heterocycles. The van der Waals surface area contributed by atoms with Gasteiger partial charge in [-0.05, 0) is 30.3 Å². The van der Waals surface area contributed by atoms with Crippen LogP contribution < -0.4 is 10.1 Å². The summed E-state index contributed by atoms with van der Waals surface area (Å²) in [6, 6.07) is 14.3. The molecule has 1 heterocycles. The average molecular weight is 361 g/mol. The highest BCUT2D eigenvalue weighted by molar-refractivity contribution is 6.35. The van der Waals surface area contributed by atoms with Gasteiger partial charge in [0.2, 0.25) is 0 Å². The summed E-state index contributed by atoms with van der Waals surface area (Å²) < 4.78 is 5.72. The van der Waals surface area contributed by atoms with E-state index in [0.29, 0.717) is 34.5 Å². The zero-order chi connectivity index (χ0) is 16.9. The summed E-state index contributed by atoms with van der Waals surface area (Å²) in [5.74, 6) is 0.394. The van der Waals surface area contributed by atoms with Gasteiger partial charge in [-0.2, -0.15) is 0 Å². The molecule has 0 bridgehead atoms. The molecule has 1 aromatic heterocycles. The topological polar surface area (TPSA) is 51.2 Å². The SMILES string of the molecule is O=C(NCCOc1cccc2cccnc12)c1cc(Cl)ccc1Cl. The molecule has 0 saturated heterocycles. The Kier molecular flexibility index (Phi) is 5.18. The third kappa shape index (κ3) is 3.78. The van der Waals surface area contributed by atoms with Crippen LogP contribution in [0, 0.1) is 0 Å². The number of carbonyl (C=O) groups excluding carboxylic acids is 1. The van der Waals surface area contributed by atoms with Gasteiger partial charge in [0.25, 0.3) is 5.91 Å². The van der Waals surface area contributed by atoms with Crippen molar-refractivity contribution >= 4 is 40.0 Å². The molecule has 0 saturated carbocycles. The lowest BCUT2D eigenvalue weighted by atomic mass is 10.2. The van der Waals surface area contributed by atoms with E-state index >= 15 is 0 Å². The fourth-order valence-corrected chi connectivity index (χ4v) is 2.66. The molecule has 0 unspecified atom stereocenters. The van der Waals surface area contributed by atoms with E-state index in [2.05, 4.69) is 10.3 Å². The van der Waals surface area contributed by atoms with Crippen molar-refractivity contribution in [2.75, 3.05) is 13.2 Å². The summed E-state index contributed by atoms with van der Waals surface area (Å²) >= 11 is 11.9.